The number of benzene rings is 1. The second-order valence-corrected chi connectivity index (χ2v) is 10.8. The highest BCUT2D eigenvalue weighted by Crippen LogP contribution is 2.41. The van der Waals surface area contributed by atoms with Gasteiger partial charge in [0.25, 0.3) is 0 Å². The summed E-state index contributed by atoms with van der Waals surface area (Å²) in [7, 11) is 1.19. The Hall–Kier alpha value is -1.37. The highest BCUT2D eigenvalue weighted by Gasteiger charge is 2.36. The van der Waals surface area contributed by atoms with Crippen LogP contribution in [0.15, 0.2) is 30.3 Å². The molecule has 0 saturated heterocycles. The summed E-state index contributed by atoms with van der Waals surface area (Å²) in [6, 6.07) is 15.7. The third-order valence-corrected chi connectivity index (χ3v) is 9.74. The van der Waals surface area contributed by atoms with Crippen molar-refractivity contribution >= 4 is 19.0 Å². The second kappa shape index (κ2) is 9.81. The van der Waals surface area contributed by atoms with E-state index in [2.05, 4.69) is 64.1 Å². The van der Waals surface area contributed by atoms with E-state index < -0.39 is 0 Å². The average Bonchev–Trinajstić information content (AvgIpc) is 2.65. The van der Waals surface area contributed by atoms with E-state index in [4.69, 9.17) is 0 Å². The molecule has 126 valence electrons. The lowest BCUT2D eigenvalue weighted by Crippen LogP contribution is -2.32. The maximum absolute atomic E-state index is 9.76. The molecular formula is C20H28N2Si2. The molecule has 0 heterocycles. The molecule has 0 bridgehead atoms. The van der Waals surface area contributed by atoms with Gasteiger partial charge in [0.1, 0.15) is 0 Å². The van der Waals surface area contributed by atoms with Crippen LogP contribution < -0.4 is 0 Å². The molecule has 0 amide bonds. The first kappa shape index (κ1) is 20.7. The van der Waals surface area contributed by atoms with Gasteiger partial charge in [-0.2, -0.15) is 10.5 Å². The molecule has 0 aliphatic rings. The zero-order chi connectivity index (χ0) is 18.1. The molecule has 4 radical (unpaired) electrons. The Morgan fingerprint density at radius 2 is 1.25 bits per heavy atom. The lowest BCUT2D eigenvalue weighted by atomic mass is 10.0. The predicted molar refractivity (Wildman–Crippen MR) is 103 cm³/mol. The third-order valence-electron chi connectivity index (χ3n) is 5.03. The van der Waals surface area contributed by atoms with E-state index in [1.54, 1.807) is 0 Å². The Balaban J connectivity index is 3.07. The number of nitriles is 2. The van der Waals surface area contributed by atoms with Crippen molar-refractivity contribution in [3.63, 3.8) is 0 Å². The van der Waals surface area contributed by atoms with Crippen molar-refractivity contribution in [2.45, 2.75) is 75.0 Å². The van der Waals surface area contributed by atoms with E-state index in [0.717, 1.165) is 32.1 Å². The molecule has 2 nitrogen and oxygen atoms in total. The zero-order valence-electron chi connectivity index (χ0n) is 15.4. The average molecular weight is 353 g/mol. The molecule has 0 N–H and O–H groups in total. The highest BCUT2D eigenvalue weighted by molar-refractivity contribution is 6.63. The Morgan fingerprint density at radius 3 is 1.58 bits per heavy atom. The van der Waals surface area contributed by atoms with Gasteiger partial charge in [0.2, 0.25) is 0 Å². The largest absolute Gasteiger partial charge is 0.198 e. The summed E-state index contributed by atoms with van der Waals surface area (Å²) < 4.78 is 0. The highest BCUT2D eigenvalue weighted by atomic mass is 28.3. The van der Waals surface area contributed by atoms with E-state index in [1.807, 2.05) is 6.07 Å². The van der Waals surface area contributed by atoms with E-state index in [9.17, 15) is 10.5 Å². The van der Waals surface area contributed by atoms with Gasteiger partial charge in [-0.3, -0.25) is 0 Å². The lowest BCUT2D eigenvalue weighted by Gasteiger charge is -2.32. The Bertz CT molecular complexity index is 532. The van der Waals surface area contributed by atoms with E-state index >= 15 is 0 Å². The third kappa shape index (κ3) is 5.33. The van der Waals surface area contributed by atoms with Crippen molar-refractivity contribution in [2.75, 3.05) is 0 Å². The molecular weight excluding hydrogens is 324 g/mol. The molecule has 0 aromatic heterocycles. The summed E-state index contributed by atoms with van der Waals surface area (Å²) in [5.74, 6) is 0. The van der Waals surface area contributed by atoms with Crippen molar-refractivity contribution in [1.82, 2.24) is 0 Å². The quantitative estimate of drug-likeness (QED) is 0.530. The summed E-state index contributed by atoms with van der Waals surface area (Å²) in [6.07, 6.45) is 4.56. The second-order valence-electron chi connectivity index (χ2n) is 6.33. The maximum Gasteiger partial charge on any atom is 0.0657 e. The van der Waals surface area contributed by atoms with Crippen LogP contribution in [0.4, 0.5) is 0 Å². The Labute approximate surface area is 152 Å². The fourth-order valence-electron chi connectivity index (χ4n) is 2.94. The summed E-state index contributed by atoms with van der Waals surface area (Å²) in [4.78, 5) is 0. The van der Waals surface area contributed by atoms with Gasteiger partial charge in [-0.15, -0.1) is 0 Å². The standard InChI is InChI=1S/C20H28N2Si2/c1-5-19(6-2,15-21)23-18(14-17-12-10-9-11-13-17)24-20(7-3,8-4)16-22/h9-13,18H,5-8,14H2,1-4H3. The van der Waals surface area contributed by atoms with Crippen molar-refractivity contribution in [2.24, 2.45) is 0 Å². The topological polar surface area (TPSA) is 47.6 Å². The van der Waals surface area contributed by atoms with Crippen LogP contribution >= 0.6 is 0 Å². The van der Waals surface area contributed by atoms with Crippen LogP contribution in [-0.2, 0) is 6.42 Å². The van der Waals surface area contributed by atoms with Gasteiger partial charge >= 0.3 is 0 Å². The van der Waals surface area contributed by atoms with Gasteiger partial charge in [-0.25, -0.2) is 0 Å². The first-order valence-corrected chi connectivity index (χ1v) is 11.1. The molecule has 0 atom stereocenters. The smallest absolute Gasteiger partial charge is 0.0657 e. The van der Waals surface area contributed by atoms with E-state index in [-0.39, 0.29) is 10.1 Å². The summed E-state index contributed by atoms with van der Waals surface area (Å²) >= 11 is 0. The van der Waals surface area contributed by atoms with Gasteiger partial charge in [0, 0.05) is 10.1 Å². The van der Waals surface area contributed by atoms with Crippen molar-refractivity contribution in [1.29, 1.82) is 10.5 Å². The zero-order valence-corrected chi connectivity index (χ0v) is 17.4. The lowest BCUT2D eigenvalue weighted by molar-refractivity contribution is 0.616. The SMILES string of the molecule is CCC(C#N)(CC)[Si]C(Cc1ccccc1)[Si]C(C#N)(CC)CC. The summed E-state index contributed by atoms with van der Waals surface area (Å²) in [6.45, 7) is 8.50. The predicted octanol–water partition coefficient (Wildman–Crippen LogP) is 5.39. The normalized spacial score (nSPS) is 12.0. The van der Waals surface area contributed by atoms with Crippen LogP contribution in [0.5, 0.6) is 0 Å². The molecule has 1 aromatic rings. The molecule has 0 saturated carbocycles. The fraction of sp³-hybridized carbons (Fsp3) is 0.600. The van der Waals surface area contributed by atoms with Gasteiger partial charge < -0.3 is 0 Å². The first-order chi connectivity index (χ1) is 11.5. The molecule has 4 heteroatoms. The van der Waals surface area contributed by atoms with Gasteiger partial charge in [-0.05, 0) is 37.7 Å². The van der Waals surface area contributed by atoms with Crippen LogP contribution in [0, 0.1) is 22.7 Å². The van der Waals surface area contributed by atoms with Crippen LogP contribution in [0.25, 0.3) is 0 Å². The minimum Gasteiger partial charge on any atom is -0.198 e. The van der Waals surface area contributed by atoms with Gasteiger partial charge in [0.05, 0.1) is 31.2 Å². The molecule has 0 spiro atoms. The van der Waals surface area contributed by atoms with Gasteiger partial charge in [-0.1, -0.05) is 63.2 Å². The van der Waals surface area contributed by atoms with Crippen molar-refractivity contribution in [3.05, 3.63) is 35.9 Å². The van der Waals surface area contributed by atoms with E-state index in [1.165, 1.54) is 5.56 Å². The number of nitrogens with zero attached hydrogens (tertiary/aromatic N) is 2. The molecule has 1 aromatic carbocycles. The van der Waals surface area contributed by atoms with Crippen LogP contribution in [0.2, 0.25) is 15.2 Å². The van der Waals surface area contributed by atoms with Crippen LogP contribution in [-0.4, -0.2) is 19.0 Å². The minimum absolute atomic E-state index is 0.227. The van der Waals surface area contributed by atoms with Gasteiger partial charge in [0.15, 0.2) is 0 Å². The molecule has 0 unspecified atom stereocenters. The Kier molecular flexibility index (Phi) is 8.46. The van der Waals surface area contributed by atoms with E-state index in [0.29, 0.717) is 24.2 Å². The number of hydrogen-bond donors (Lipinski definition) is 0. The summed E-state index contributed by atoms with van der Waals surface area (Å²) in [5, 5.41) is 19.5. The van der Waals surface area contributed by atoms with Crippen LogP contribution in [0.1, 0.15) is 58.9 Å². The molecule has 1 rings (SSSR count). The first-order valence-electron chi connectivity index (χ1n) is 8.94. The molecule has 0 fully saturated rings. The monoisotopic (exact) mass is 352 g/mol. The fourth-order valence-corrected chi connectivity index (χ4v) is 7.85. The number of hydrogen-bond acceptors (Lipinski definition) is 2. The van der Waals surface area contributed by atoms with Crippen molar-refractivity contribution < 1.29 is 0 Å². The molecule has 0 aliphatic heterocycles. The number of rotatable bonds is 10. The maximum atomic E-state index is 9.76. The van der Waals surface area contributed by atoms with Crippen LogP contribution in [0.3, 0.4) is 0 Å². The van der Waals surface area contributed by atoms with Crippen molar-refractivity contribution in [3.8, 4) is 12.1 Å². The summed E-state index contributed by atoms with van der Waals surface area (Å²) in [5.41, 5.74) is 1.32. The molecule has 24 heavy (non-hydrogen) atoms. The Morgan fingerprint density at radius 1 is 0.833 bits per heavy atom. The minimum atomic E-state index is -0.227. The molecule has 0 aliphatic carbocycles.